The number of hydrogen-bond acceptors (Lipinski definition) is 5. The van der Waals surface area contributed by atoms with Crippen LogP contribution in [0.1, 0.15) is 47.0 Å². The van der Waals surface area contributed by atoms with Crippen LogP contribution in [0.4, 0.5) is 0 Å². The summed E-state index contributed by atoms with van der Waals surface area (Å²) < 4.78 is 9.84. The van der Waals surface area contributed by atoms with Crippen molar-refractivity contribution in [2.75, 3.05) is 13.2 Å². The van der Waals surface area contributed by atoms with Crippen LogP contribution < -0.4 is 0 Å². The summed E-state index contributed by atoms with van der Waals surface area (Å²) in [4.78, 5) is 24.0. The molecule has 1 unspecified atom stereocenters. The van der Waals surface area contributed by atoms with Crippen LogP contribution in [0.15, 0.2) is 0 Å². The van der Waals surface area contributed by atoms with E-state index in [1.165, 1.54) is 0 Å². The van der Waals surface area contributed by atoms with Crippen molar-refractivity contribution in [1.29, 1.82) is 0 Å². The molecule has 110 valence electrons. The Morgan fingerprint density at radius 1 is 1.11 bits per heavy atom. The molecule has 0 aromatic rings. The third-order valence-electron chi connectivity index (χ3n) is 3.60. The molecular weight excluding hydrogens is 248 g/mol. The summed E-state index contributed by atoms with van der Waals surface area (Å²) in [7, 11) is 0. The number of carbonyl (C=O) groups excluding carboxylic acids is 2. The Labute approximate surface area is 114 Å². The van der Waals surface area contributed by atoms with E-state index in [1.54, 1.807) is 13.8 Å². The van der Waals surface area contributed by atoms with Crippen molar-refractivity contribution in [3.63, 3.8) is 0 Å². The van der Waals surface area contributed by atoms with Gasteiger partial charge in [0.2, 0.25) is 0 Å². The minimum atomic E-state index is -1.36. The number of rotatable bonds is 5. The van der Waals surface area contributed by atoms with Crippen molar-refractivity contribution in [2.24, 2.45) is 11.3 Å². The molecule has 19 heavy (non-hydrogen) atoms. The topological polar surface area (TPSA) is 72.8 Å². The monoisotopic (exact) mass is 272 g/mol. The van der Waals surface area contributed by atoms with E-state index in [4.69, 9.17) is 9.47 Å². The van der Waals surface area contributed by atoms with Crippen molar-refractivity contribution in [3.8, 4) is 0 Å². The van der Waals surface area contributed by atoms with Gasteiger partial charge in [-0.05, 0) is 38.5 Å². The molecule has 0 bridgehead atoms. The van der Waals surface area contributed by atoms with Gasteiger partial charge in [-0.2, -0.15) is 0 Å². The molecule has 0 radical (unpaired) electrons. The summed E-state index contributed by atoms with van der Waals surface area (Å²) in [5, 5.41) is 10.7. The van der Waals surface area contributed by atoms with E-state index < -0.39 is 23.5 Å². The number of aliphatic hydroxyl groups is 1. The molecule has 0 heterocycles. The quantitative estimate of drug-likeness (QED) is 0.609. The van der Waals surface area contributed by atoms with Gasteiger partial charge in [0.05, 0.1) is 18.8 Å². The third kappa shape index (κ3) is 3.69. The van der Waals surface area contributed by atoms with Crippen LogP contribution in [0.2, 0.25) is 0 Å². The van der Waals surface area contributed by atoms with Crippen LogP contribution in [0.3, 0.4) is 0 Å². The zero-order valence-corrected chi connectivity index (χ0v) is 12.2. The Bertz CT molecular complexity index is 332. The highest BCUT2D eigenvalue weighted by Gasteiger charge is 2.54. The normalized spacial score (nSPS) is 25.4. The van der Waals surface area contributed by atoms with Gasteiger partial charge in [-0.25, -0.2) is 0 Å². The molecule has 1 aliphatic rings. The molecule has 5 heteroatoms. The molecule has 1 fully saturated rings. The van der Waals surface area contributed by atoms with Gasteiger partial charge in [-0.15, -0.1) is 0 Å². The summed E-state index contributed by atoms with van der Waals surface area (Å²) in [5.74, 6) is -2.63. The zero-order chi connectivity index (χ0) is 14.7. The maximum absolute atomic E-state index is 12.0. The minimum Gasteiger partial charge on any atom is -0.465 e. The average Bonchev–Trinajstić information content (AvgIpc) is 2.54. The molecule has 0 amide bonds. The molecule has 0 aromatic heterocycles. The van der Waals surface area contributed by atoms with E-state index in [-0.39, 0.29) is 18.6 Å². The highest BCUT2D eigenvalue weighted by Crippen LogP contribution is 2.47. The Hall–Kier alpha value is -1.10. The highest BCUT2D eigenvalue weighted by molar-refractivity contribution is 5.96. The van der Waals surface area contributed by atoms with Gasteiger partial charge in [0, 0.05) is 0 Å². The first-order valence-electron chi connectivity index (χ1n) is 6.81. The van der Waals surface area contributed by atoms with Crippen LogP contribution >= 0.6 is 0 Å². The molecule has 1 rings (SSSR count). The van der Waals surface area contributed by atoms with Gasteiger partial charge in [0.25, 0.3) is 0 Å². The lowest BCUT2D eigenvalue weighted by Gasteiger charge is -2.30. The standard InChI is InChI=1S/C14H24O5/c1-5-18-11(15)10(12(16)19-6-2)14(17)8-7-13(3,4)9-14/h10,17H,5-9H2,1-4H3. The molecule has 5 nitrogen and oxygen atoms in total. The van der Waals surface area contributed by atoms with Crippen LogP contribution in [-0.4, -0.2) is 35.9 Å². The van der Waals surface area contributed by atoms with Gasteiger partial charge < -0.3 is 14.6 Å². The van der Waals surface area contributed by atoms with E-state index in [2.05, 4.69) is 0 Å². The molecule has 1 N–H and O–H groups in total. The minimum absolute atomic E-state index is 0.0913. The van der Waals surface area contributed by atoms with Crippen molar-refractivity contribution in [3.05, 3.63) is 0 Å². The Morgan fingerprint density at radius 3 is 1.89 bits per heavy atom. The van der Waals surface area contributed by atoms with Gasteiger partial charge in [-0.3, -0.25) is 9.59 Å². The molecular formula is C14H24O5. The summed E-state index contributed by atoms with van der Waals surface area (Å²) in [6.07, 6.45) is 1.56. The highest BCUT2D eigenvalue weighted by atomic mass is 16.6. The molecule has 0 aromatic carbocycles. The maximum atomic E-state index is 12.0. The first-order valence-corrected chi connectivity index (χ1v) is 6.81. The second-order valence-electron chi connectivity index (χ2n) is 5.88. The van der Waals surface area contributed by atoms with Gasteiger partial charge >= 0.3 is 11.9 Å². The van der Waals surface area contributed by atoms with Crippen molar-refractivity contribution >= 4 is 11.9 Å². The Morgan fingerprint density at radius 2 is 1.58 bits per heavy atom. The van der Waals surface area contributed by atoms with Crippen molar-refractivity contribution in [2.45, 2.75) is 52.6 Å². The van der Waals surface area contributed by atoms with E-state index in [0.29, 0.717) is 12.8 Å². The summed E-state index contributed by atoms with van der Waals surface area (Å²) in [6, 6.07) is 0. The predicted octanol–water partition coefficient (Wildman–Crippen LogP) is 1.67. The van der Waals surface area contributed by atoms with Crippen molar-refractivity contribution < 1.29 is 24.2 Å². The van der Waals surface area contributed by atoms with Gasteiger partial charge in [-0.1, -0.05) is 13.8 Å². The first-order chi connectivity index (χ1) is 8.75. The van der Waals surface area contributed by atoms with E-state index in [0.717, 1.165) is 6.42 Å². The molecule has 0 spiro atoms. The zero-order valence-electron chi connectivity index (χ0n) is 12.2. The lowest BCUT2D eigenvalue weighted by molar-refractivity contribution is -0.174. The molecule has 1 aliphatic carbocycles. The second kappa shape index (κ2) is 5.90. The number of ether oxygens (including phenoxy) is 2. The average molecular weight is 272 g/mol. The Balaban J connectivity index is 2.96. The molecule has 0 saturated heterocycles. The molecule has 1 atom stereocenters. The van der Waals surface area contributed by atoms with Gasteiger partial charge in [0.1, 0.15) is 0 Å². The van der Waals surface area contributed by atoms with Crippen molar-refractivity contribution in [1.82, 2.24) is 0 Å². The summed E-state index contributed by atoms with van der Waals surface area (Å²) >= 11 is 0. The third-order valence-corrected chi connectivity index (χ3v) is 3.60. The summed E-state index contributed by atoms with van der Waals surface area (Å²) in [5.41, 5.74) is -1.45. The smallest absolute Gasteiger partial charge is 0.323 e. The largest absolute Gasteiger partial charge is 0.465 e. The van der Waals surface area contributed by atoms with E-state index >= 15 is 0 Å². The Kier molecular flexibility index (Phi) is 4.96. The predicted molar refractivity (Wildman–Crippen MR) is 69.3 cm³/mol. The van der Waals surface area contributed by atoms with Crippen LogP contribution in [0, 0.1) is 11.3 Å². The SMILES string of the molecule is CCOC(=O)C(C(=O)OCC)C1(O)CCC(C)(C)C1. The molecule has 1 saturated carbocycles. The van der Waals surface area contributed by atoms with E-state index in [9.17, 15) is 14.7 Å². The van der Waals surface area contributed by atoms with E-state index in [1.807, 2.05) is 13.8 Å². The second-order valence-corrected chi connectivity index (χ2v) is 5.88. The fourth-order valence-corrected chi connectivity index (χ4v) is 2.79. The fourth-order valence-electron chi connectivity index (χ4n) is 2.79. The van der Waals surface area contributed by atoms with Crippen LogP contribution in [-0.2, 0) is 19.1 Å². The number of hydrogen-bond donors (Lipinski definition) is 1. The number of esters is 2. The first kappa shape index (κ1) is 16.0. The van der Waals surface area contributed by atoms with Crippen LogP contribution in [0.25, 0.3) is 0 Å². The summed E-state index contributed by atoms with van der Waals surface area (Å²) in [6.45, 7) is 7.71. The maximum Gasteiger partial charge on any atom is 0.323 e. The lowest BCUT2D eigenvalue weighted by atomic mass is 9.82. The fraction of sp³-hybridized carbons (Fsp3) is 0.857. The molecule has 0 aliphatic heterocycles. The lowest BCUT2D eigenvalue weighted by Crippen LogP contribution is -2.47. The number of carbonyl (C=O) groups is 2. The van der Waals surface area contributed by atoms with Crippen LogP contribution in [0.5, 0.6) is 0 Å². The van der Waals surface area contributed by atoms with Gasteiger partial charge in [0.15, 0.2) is 5.92 Å².